The second kappa shape index (κ2) is 9.72. The van der Waals surface area contributed by atoms with E-state index < -0.39 is 47.1 Å². The molecular formula is C19H17N5O8S2. The minimum Gasteiger partial charge on any atom is -0.481 e. The van der Waals surface area contributed by atoms with Crippen LogP contribution in [0.5, 0.6) is 0 Å². The van der Waals surface area contributed by atoms with Crippen LogP contribution in [0.3, 0.4) is 0 Å². The number of hydrogen-bond acceptors (Lipinski definition) is 10. The van der Waals surface area contributed by atoms with Crippen LogP contribution < -0.4 is 10.9 Å². The molecule has 0 saturated carbocycles. The number of carboxylic acid groups (broad SMARTS) is 2. The van der Waals surface area contributed by atoms with Gasteiger partial charge in [-0.25, -0.2) is 4.79 Å². The third-order valence-corrected chi connectivity index (χ3v) is 7.18. The normalized spacial score (nSPS) is 19.4. The Hall–Kier alpha value is -3.59. The molecule has 4 N–H and O–H groups in total. The van der Waals surface area contributed by atoms with Crippen LogP contribution in [-0.4, -0.2) is 77.0 Å². The Bertz CT molecular complexity index is 1260. The maximum absolute atomic E-state index is 12.7. The molecule has 2 amide bonds. The highest BCUT2D eigenvalue weighted by molar-refractivity contribution is 8.01. The Balaban J connectivity index is 1.41. The fourth-order valence-corrected chi connectivity index (χ4v) is 5.70. The van der Waals surface area contributed by atoms with Gasteiger partial charge in [-0.3, -0.25) is 24.1 Å². The summed E-state index contributed by atoms with van der Waals surface area (Å²) in [5, 5.41) is 27.9. The summed E-state index contributed by atoms with van der Waals surface area (Å²) in [7, 11) is 0. The molecule has 0 bridgehead atoms. The van der Waals surface area contributed by atoms with Crippen molar-refractivity contribution in [2.45, 2.75) is 29.5 Å². The van der Waals surface area contributed by atoms with Crippen LogP contribution in [0.15, 0.2) is 44.0 Å². The van der Waals surface area contributed by atoms with Crippen molar-refractivity contribution in [3.05, 3.63) is 51.4 Å². The third kappa shape index (κ3) is 4.84. The molecule has 34 heavy (non-hydrogen) atoms. The number of fused-ring (bicyclic) bond motifs is 1. The first kappa shape index (κ1) is 23.6. The van der Waals surface area contributed by atoms with Gasteiger partial charge in [-0.2, -0.15) is 0 Å². The zero-order valence-electron chi connectivity index (χ0n) is 17.2. The molecule has 2 aliphatic heterocycles. The van der Waals surface area contributed by atoms with Crippen LogP contribution in [0, 0.1) is 0 Å². The number of aromatic nitrogens is 3. The van der Waals surface area contributed by atoms with E-state index in [-0.39, 0.29) is 40.3 Å². The summed E-state index contributed by atoms with van der Waals surface area (Å²) in [4.78, 5) is 63.1. The van der Waals surface area contributed by atoms with Crippen molar-refractivity contribution in [3.8, 4) is 0 Å². The molecule has 2 aliphatic rings. The topological polar surface area (TPSA) is 196 Å². The predicted molar refractivity (Wildman–Crippen MR) is 117 cm³/mol. The van der Waals surface area contributed by atoms with E-state index in [1.165, 1.54) is 24.0 Å². The van der Waals surface area contributed by atoms with Crippen LogP contribution in [-0.2, 0) is 32.0 Å². The lowest BCUT2D eigenvalue weighted by Gasteiger charge is -2.49. The Morgan fingerprint density at radius 1 is 1.26 bits per heavy atom. The van der Waals surface area contributed by atoms with Crippen LogP contribution in [0.25, 0.3) is 0 Å². The van der Waals surface area contributed by atoms with Gasteiger partial charge in [0, 0.05) is 23.3 Å². The number of thioether (sulfide) groups is 2. The summed E-state index contributed by atoms with van der Waals surface area (Å²) in [6.45, 7) is 0. The monoisotopic (exact) mass is 507 g/mol. The number of carboxylic acids is 2. The average Bonchev–Trinajstić information content (AvgIpc) is 3.23. The first-order chi connectivity index (χ1) is 16.2. The maximum atomic E-state index is 12.7. The molecule has 2 aromatic rings. The molecule has 0 aliphatic carbocycles. The lowest BCUT2D eigenvalue weighted by molar-refractivity contribution is -0.150. The molecule has 1 saturated heterocycles. The van der Waals surface area contributed by atoms with Crippen molar-refractivity contribution < 1.29 is 33.8 Å². The smallest absolute Gasteiger partial charge is 0.352 e. The molecule has 1 fully saturated rings. The molecule has 15 heteroatoms. The van der Waals surface area contributed by atoms with Crippen molar-refractivity contribution in [2.75, 3.05) is 11.5 Å². The molecule has 4 heterocycles. The van der Waals surface area contributed by atoms with Crippen molar-refractivity contribution in [1.82, 2.24) is 25.4 Å². The van der Waals surface area contributed by atoms with Crippen molar-refractivity contribution in [2.24, 2.45) is 0 Å². The number of β-lactam (4-membered cyclic amide) rings is 1. The largest absolute Gasteiger partial charge is 0.481 e. The maximum Gasteiger partial charge on any atom is 0.352 e. The van der Waals surface area contributed by atoms with Gasteiger partial charge in [-0.05, 0) is 11.6 Å². The average molecular weight is 508 g/mol. The van der Waals surface area contributed by atoms with E-state index in [1.807, 2.05) is 0 Å². The van der Waals surface area contributed by atoms with Crippen molar-refractivity contribution >= 4 is 47.3 Å². The van der Waals surface area contributed by atoms with Crippen LogP contribution in [0.1, 0.15) is 11.5 Å². The summed E-state index contributed by atoms with van der Waals surface area (Å²) in [5.41, 5.74) is 0.126. The number of pyridine rings is 1. The number of nitrogens with zero attached hydrogens (tertiary/aromatic N) is 3. The van der Waals surface area contributed by atoms with E-state index in [9.17, 15) is 29.1 Å². The van der Waals surface area contributed by atoms with Gasteiger partial charge in [0.15, 0.2) is 0 Å². The number of nitrogens with one attached hydrogen (secondary N) is 2. The lowest BCUT2D eigenvalue weighted by atomic mass is 10.0. The molecule has 0 radical (unpaired) electrons. The lowest BCUT2D eigenvalue weighted by Crippen LogP contribution is -2.70. The third-order valence-electron chi connectivity index (χ3n) is 4.94. The minimum atomic E-state index is -1.29. The van der Waals surface area contributed by atoms with Gasteiger partial charge >= 0.3 is 11.9 Å². The fourth-order valence-electron chi connectivity index (χ4n) is 3.43. The standard InChI is InChI=1S/C19H17N5O8S2/c25-10(4-8-2-1-3-20-15(8)28)21-13-16(29)24-14(18(30)31)9(6-33-17(13)24)7-34-19-23-22-11(32-19)5-12(26)27/h1-3,13,17H,4-7H2,(H,20,28)(H,21,25)(H,26,27)(H,30,31)/t13?,17-/m0/s1. The van der Waals surface area contributed by atoms with Gasteiger partial charge in [0.25, 0.3) is 16.7 Å². The Kier molecular flexibility index (Phi) is 6.74. The molecule has 0 aromatic carbocycles. The quantitative estimate of drug-likeness (QED) is 0.250. The molecule has 2 atom stereocenters. The van der Waals surface area contributed by atoms with E-state index in [0.29, 0.717) is 5.57 Å². The van der Waals surface area contributed by atoms with Crippen LogP contribution in [0.2, 0.25) is 0 Å². The van der Waals surface area contributed by atoms with Gasteiger partial charge in [0.05, 0.1) is 6.42 Å². The van der Waals surface area contributed by atoms with Gasteiger partial charge in [0.1, 0.15) is 23.5 Å². The highest BCUT2D eigenvalue weighted by Gasteiger charge is 2.54. The number of H-pyrrole nitrogens is 1. The van der Waals surface area contributed by atoms with E-state index in [4.69, 9.17) is 9.52 Å². The Morgan fingerprint density at radius 2 is 2.06 bits per heavy atom. The number of amides is 2. The van der Waals surface area contributed by atoms with E-state index in [0.717, 1.165) is 16.7 Å². The molecule has 13 nitrogen and oxygen atoms in total. The zero-order valence-corrected chi connectivity index (χ0v) is 18.9. The van der Waals surface area contributed by atoms with Crippen molar-refractivity contribution in [3.63, 3.8) is 0 Å². The Morgan fingerprint density at radius 3 is 2.76 bits per heavy atom. The van der Waals surface area contributed by atoms with Gasteiger partial charge in [-0.15, -0.1) is 22.0 Å². The van der Waals surface area contributed by atoms with Crippen molar-refractivity contribution in [1.29, 1.82) is 0 Å². The second-order valence-electron chi connectivity index (χ2n) is 7.23. The molecule has 4 rings (SSSR count). The molecule has 2 aromatic heterocycles. The van der Waals surface area contributed by atoms with Crippen LogP contribution >= 0.6 is 23.5 Å². The highest BCUT2D eigenvalue weighted by atomic mass is 32.2. The number of aromatic amines is 1. The van der Waals surface area contributed by atoms with E-state index in [1.54, 1.807) is 6.07 Å². The number of hydrogen-bond donors (Lipinski definition) is 4. The van der Waals surface area contributed by atoms with Gasteiger partial charge < -0.3 is 24.9 Å². The van der Waals surface area contributed by atoms with Gasteiger partial charge in [0.2, 0.25) is 11.8 Å². The number of rotatable bonds is 9. The first-order valence-corrected chi connectivity index (χ1v) is 11.8. The summed E-state index contributed by atoms with van der Waals surface area (Å²) in [6.07, 6.45) is 0.802. The number of carbonyl (C=O) groups is 4. The minimum absolute atomic E-state index is 0.0745. The number of carbonyl (C=O) groups excluding carboxylic acids is 2. The SMILES string of the molecule is O=C(O)Cc1nnc(SCC2=C(C(=O)O)N3C(=O)C(NC(=O)Cc4ccc[nH]c4=O)[C@@H]3SC2)o1. The molecular weight excluding hydrogens is 490 g/mol. The summed E-state index contributed by atoms with van der Waals surface area (Å²) in [6, 6.07) is 2.19. The van der Waals surface area contributed by atoms with Gasteiger partial charge in [-0.1, -0.05) is 17.8 Å². The summed E-state index contributed by atoms with van der Waals surface area (Å²) >= 11 is 2.33. The van der Waals surface area contributed by atoms with Crippen LogP contribution in [0.4, 0.5) is 0 Å². The Labute approximate surface area is 199 Å². The predicted octanol–water partition coefficient (Wildman–Crippen LogP) is -0.542. The highest BCUT2D eigenvalue weighted by Crippen LogP contribution is 2.41. The van der Waals surface area contributed by atoms with E-state index in [2.05, 4.69) is 20.5 Å². The molecule has 1 unspecified atom stereocenters. The zero-order chi connectivity index (χ0) is 24.4. The summed E-state index contributed by atoms with van der Waals surface area (Å²) in [5.74, 6) is -3.15. The molecule has 0 spiro atoms. The fraction of sp³-hybridized carbons (Fsp3) is 0.316. The molecule has 178 valence electrons. The summed E-state index contributed by atoms with van der Waals surface area (Å²) < 4.78 is 5.21. The second-order valence-corrected chi connectivity index (χ2v) is 9.27. The van der Waals surface area contributed by atoms with E-state index >= 15 is 0 Å². The first-order valence-electron chi connectivity index (χ1n) is 9.77. The number of aliphatic carboxylic acids is 2.